The van der Waals surface area contributed by atoms with Crippen LogP contribution in [0.5, 0.6) is 0 Å². The van der Waals surface area contributed by atoms with Crippen LogP contribution in [0.4, 0.5) is 0 Å². The van der Waals surface area contributed by atoms with Crippen molar-refractivity contribution in [3.8, 4) is 0 Å². The van der Waals surface area contributed by atoms with Crippen LogP contribution in [0.2, 0.25) is 0 Å². The largest absolute Gasteiger partial charge is 0.312 e. The van der Waals surface area contributed by atoms with Crippen molar-refractivity contribution in [1.29, 1.82) is 0 Å². The van der Waals surface area contributed by atoms with E-state index in [1.807, 2.05) is 20.8 Å². The Labute approximate surface area is 80.8 Å². The highest BCUT2D eigenvalue weighted by molar-refractivity contribution is 7.92. The van der Waals surface area contributed by atoms with E-state index in [1.54, 1.807) is 0 Å². The summed E-state index contributed by atoms with van der Waals surface area (Å²) >= 11 is 0. The van der Waals surface area contributed by atoms with Crippen LogP contribution in [0, 0.1) is 5.92 Å². The van der Waals surface area contributed by atoms with Gasteiger partial charge in [0.25, 0.3) is 0 Å². The third-order valence-corrected chi connectivity index (χ3v) is 5.31. The van der Waals surface area contributed by atoms with Gasteiger partial charge in [-0.2, -0.15) is 0 Å². The lowest BCUT2D eigenvalue weighted by Crippen LogP contribution is -2.40. The van der Waals surface area contributed by atoms with Gasteiger partial charge in [0.1, 0.15) is 0 Å². The second kappa shape index (κ2) is 3.96. The Morgan fingerprint density at radius 3 is 2.54 bits per heavy atom. The second-order valence-corrected chi connectivity index (χ2v) is 6.47. The Kier molecular flexibility index (Phi) is 3.35. The van der Waals surface area contributed by atoms with E-state index in [2.05, 4.69) is 5.32 Å². The number of nitrogens with one attached hydrogen (secondary N) is 1. The minimum absolute atomic E-state index is 0.134. The molecule has 1 fully saturated rings. The first-order chi connectivity index (χ1) is 5.97. The van der Waals surface area contributed by atoms with Gasteiger partial charge < -0.3 is 5.32 Å². The molecule has 13 heavy (non-hydrogen) atoms. The molecular formula is C9H19NO2S. The van der Waals surface area contributed by atoms with E-state index in [0.29, 0.717) is 5.75 Å². The summed E-state index contributed by atoms with van der Waals surface area (Å²) in [6, 6.07) is 0.134. The van der Waals surface area contributed by atoms with Gasteiger partial charge in [0.05, 0.1) is 11.0 Å². The molecule has 1 aliphatic rings. The molecule has 4 heteroatoms. The van der Waals surface area contributed by atoms with Gasteiger partial charge in [-0.25, -0.2) is 8.42 Å². The van der Waals surface area contributed by atoms with E-state index in [-0.39, 0.29) is 17.2 Å². The van der Waals surface area contributed by atoms with Gasteiger partial charge in [-0.15, -0.1) is 0 Å². The van der Waals surface area contributed by atoms with Gasteiger partial charge in [-0.3, -0.25) is 0 Å². The van der Waals surface area contributed by atoms with Gasteiger partial charge >= 0.3 is 0 Å². The average Bonchev–Trinajstić information content (AvgIpc) is 2.11. The van der Waals surface area contributed by atoms with Crippen molar-refractivity contribution in [1.82, 2.24) is 5.32 Å². The molecule has 1 saturated heterocycles. The van der Waals surface area contributed by atoms with Crippen LogP contribution in [-0.2, 0) is 9.84 Å². The predicted octanol–water partition coefficient (Wildman–Crippen LogP) is 0.808. The fraction of sp³-hybridized carbons (Fsp3) is 1.00. The van der Waals surface area contributed by atoms with Gasteiger partial charge in [-0.1, -0.05) is 13.8 Å². The molecule has 3 nitrogen and oxygen atoms in total. The summed E-state index contributed by atoms with van der Waals surface area (Å²) in [5, 5.41) is 3.07. The first kappa shape index (κ1) is 11.0. The molecule has 0 aliphatic carbocycles. The Morgan fingerprint density at radius 2 is 2.00 bits per heavy atom. The molecule has 0 spiro atoms. The predicted molar refractivity (Wildman–Crippen MR) is 54.5 cm³/mol. The van der Waals surface area contributed by atoms with Gasteiger partial charge in [0.2, 0.25) is 0 Å². The molecule has 0 amide bonds. The summed E-state index contributed by atoms with van der Waals surface area (Å²) in [7, 11) is -2.87. The highest BCUT2D eigenvalue weighted by Crippen LogP contribution is 2.17. The second-order valence-electron chi connectivity index (χ2n) is 4.06. The first-order valence-electron chi connectivity index (χ1n) is 4.92. The SMILES string of the molecule is CCC1NCC(C)CS(=O)(=O)C1C. The van der Waals surface area contributed by atoms with Crippen molar-refractivity contribution < 1.29 is 8.42 Å². The minimum Gasteiger partial charge on any atom is -0.312 e. The number of sulfone groups is 1. The summed E-state index contributed by atoms with van der Waals surface area (Å²) in [5.74, 6) is 0.571. The fourth-order valence-corrected chi connectivity index (χ4v) is 3.86. The molecule has 3 atom stereocenters. The summed E-state index contributed by atoms with van der Waals surface area (Å²) in [4.78, 5) is 0. The summed E-state index contributed by atoms with van der Waals surface area (Å²) in [6.07, 6.45) is 0.882. The zero-order valence-electron chi connectivity index (χ0n) is 8.58. The molecule has 1 rings (SSSR count). The molecular weight excluding hydrogens is 186 g/mol. The van der Waals surface area contributed by atoms with Crippen molar-refractivity contribution in [3.63, 3.8) is 0 Å². The summed E-state index contributed by atoms with van der Waals surface area (Å²) < 4.78 is 23.5. The monoisotopic (exact) mass is 205 g/mol. The smallest absolute Gasteiger partial charge is 0.154 e. The number of hydrogen-bond donors (Lipinski definition) is 1. The number of hydrogen-bond acceptors (Lipinski definition) is 3. The minimum atomic E-state index is -2.87. The Morgan fingerprint density at radius 1 is 1.38 bits per heavy atom. The van der Waals surface area contributed by atoms with E-state index in [0.717, 1.165) is 13.0 Å². The van der Waals surface area contributed by atoms with Crippen LogP contribution < -0.4 is 5.32 Å². The van der Waals surface area contributed by atoms with Crippen LogP contribution in [0.25, 0.3) is 0 Å². The van der Waals surface area contributed by atoms with E-state index in [9.17, 15) is 8.42 Å². The lowest BCUT2D eigenvalue weighted by molar-refractivity contribution is 0.463. The maximum absolute atomic E-state index is 11.7. The topological polar surface area (TPSA) is 46.2 Å². The van der Waals surface area contributed by atoms with Crippen molar-refractivity contribution in [2.45, 2.75) is 38.5 Å². The van der Waals surface area contributed by atoms with Crippen molar-refractivity contribution in [2.75, 3.05) is 12.3 Å². The van der Waals surface area contributed by atoms with Crippen LogP contribution in [0.1, 0.15) is 27.2 Å². The van der Waals surface area contributed by atoms with E-state index < -0.39 is 9.84 Å². The summed E-state index contributed by atoms with van der Waals surface area (Å²) in [5.41, 5.74) is 0. The zero-order valence-corrected chi connectivity index (χ0v) is 9.39. The van der Waals surface area contributed by atoms with Crippen molar-refractivity contribution in [2.24, 2.45) is 5.92 Å². The lowest BCUT2D eigenvalue weighted by atomic mass is 10.1. The molecule has 0 radical (unpaired) electrons. The normalized spacial score (nSPS) is 39.8. The van der Waals surface area contributed by atoms with Crippen LogP contribution >= 0.6 is 0 Å². The van der Waals surface area contributed by atoms with Gasteiger partial charge in [0.15, 0.2) is 9.84 Å². The highest BCUT2D eigenvalue weighted by Gasteiger charge is 2.32. The van der Waals surface area contributed by atoms with Gasteiger partial charge in [0, 0.05) is 6.04 Å². The molecule has 1 heterocycles. The van der Waals surface area contributed by atoms with Crippen LogP contribution in [0.3, 0.4) is 0 Å². The molecule has 0 bridgehead atoms. The van der Waals surface area contributed by atoms with Gasteiger partial charge in [-0.05, 0) is 25.8 Å². The standard InChI is InChI=1S/C9H19NO2S/c1-4-9-8(3)13(11,12)6-7(2)5-10-9/h7-10H,4-6H2,1-3H3. The third kappa shape index (κ3) is 2.44. The molecule has 1 N–H and O–H groups in total. The van der Waals surface area contributed by atoms with E-state index >= 15 is 0 Å². The van der Waals surface area contributed by atoms with Crippen LogP contribution in [0.15, 0.2) is 0 Å². The lowest BCUT2D eigenvalue weighted by Gasteiger charge is -2.19. The number of rotatable bonds is 1. The molecule has 0 aromatic heterocycles. The first-order valence-corrected chi connectivity index (χ1v) is 6.64. The Bertz CT molecular complexity index is 261. The molecule has 78 valence electrons. The van der Waals surface area contributed by atoms with Crippen molar-refractivity contribution >= 4 is 9.84 Å². The van der Waals surface area contributed by atoms with E-state index in [4.69, 9.17) is 0 Å². The van der Waals surface area contributed by atoms with E-state index in [1.165, 1.54) is 0 Å². The quantitative estimate of drug-likeness (QED) is 0.689. The Hall–Kier alpha value is -0.0900. The molecule has 0 saturated carbocycles. The zero-order chi connectivity index (χ0) is 10.1. The molecule has 0 aromatic rings. The highest BCUT2D eigenvalue weighted by atomic mass is 32.2. The van der Waals surface area contributed by atoms with Crippen LogP contribution in [-0.4, -0.2) is 32.0 Å². The maximum atomic E-state index is 11.7. The Balaban J connectivity index is 2.87. The third-order valence-electron chi connectivity index (χ3n) is 2.82. The molecule has 1 aliphatic heterocycles. The molecule has 3 unspecified atom stereocenters. The summed E-state index contributed by atoms with van der Waals surface area (Å²) in [6.45, 7) is 6.64. The molecule has 0 aromatic carbocycles. The van der Waals surface area contributed by atoms with Crippen molar-refractivity contribution in [3.05, 3.63) is 0 Å². The average molecular weight is 205 g/mol. The maximum Gasteiger partial charge on any atom is 0.154 e. The fourth-order valence-electron chi connectivity index (χ4n) is 1.85.